The molecule has 1 aliphatic heterocycles. The van der Waals surface area contributed by atoms with Crippen molar-refractivity contribution in [1.82, 2.24) is 10.2 Å². The van der Waals surface area contributed by atoms with E-state index in [-0.39, 0.29) is 0 Å². The van der Waals surface area contributed by atoms with Gasteiger partial charge in [0.1, 0.15) is 0 Å². The van der Waals surface area contributed by atoms with Crippen LogP contribution in [0.25, 0.3) is 0 Å². The van der Waals surface area contributed by atoms with E-state index in [1.807, 2.05) is 0 Å². The third-order valence-corrected chi connectivity index (χ3v) is 4.44. The van der Waals surface area contributed by atoms with Gasteiger partial charge in [0.25, 0.3) is 0 Å². The molecule has 1 fully saturated rings. The molecule has 1 aromatic carbocycles. The van der Waals surface area contributed by atoms with E-state index in [1.165, 1.54) is 11.1 Å². The SMILES string of the molecule is CCc1ccc(C(C)NCC2CN(C(C)C)CCO2)cc1. The van der Waals surface area contributed by atoms with Crippen molar-refractivity contribution >= 4 is 0 Å². The average molecular weight is 290 g/mol. The number of hydrogen-bond acceptors (Lipinski definition) is 3. The highest BCUT2D eigenvalue weighted by Gasteiger charge is 2.22. The summed E-state index contributed by atoms with van der Waals surface area (Å²) in [5.41, 5.74) is 2.75. The second kappa shape index (κ2) is 7.92. The van der Waals surface area contributed by atoms with Gasteiger partial charge >= 0.3 is 0 Å². The Morgan fingerprint density at radius 3 is 2.57 bits per heavy atom. The Labute approximate surface area is 129 Å². The van der Waals surface area contributed by atoms with E-state index < -0.39 is 0 Å². The highest BCUT2D eigenvalue weighted by atomic mass is 16.5. The molecule has 2 rings (SSSR count). The Kier molecular flexibility index (Phi) is 6.22. The number of nitrogens with one attached hydrogen (secondary N) is 1. The fraction of sp³-hybridized carbons (Fsp3) is 0.667. The summed E-state index contributed by atoms with van der Waals surface area (Å²) in [4.78, 5) is 2.50. The van der Waals surface area contributed by atoms with E-state index in [0.29, 0.717) is 18.2 Å². The van der Waals surface area contributed by atoms with Crippen molar-refractivity contribution in [3.63, 3.8) is 0 Å². The third kappa shape index (κ3) is 4.80. The van der Waals surface area contributed by atoms with Gasteiger partial charge in [0.05, 0.1) is 12.7 Å². The van der Waals surface area contributed by atoms with Crippen molar-refractivity contribution < 1.29 is 4.74 Å². The van der Waals surface area contributed by atoms with Crippen LogP contribution in [0, 0.1) is 0 Å². The van der Waals surface area contributed by atoms with Crippen LogP contribution in [0.15, 0.2) is 24.3 Å². The van der Waals surface area contributed by atoms with Crippen LogP contribution in [0.3, 0.4) is 0 Å². The maximum absolute atomic E-state index is 5.88. The topological polar surface area (TPSA) is 24.5 Å². The predicted molar refractivity (Wildman–Crippen MR) is 88.7 cm³/mol. The molecule has 1 saturated heterocycles. The molecule has 3 nitrogen and oxygen atoms in total. The van der Waals surface area contributed by atoms with Crippen molar-refractivity contribution in [3.05, 3.63) is 35.4 Å². The average Bonchev–Trinajstić information content (AvgIpc) is 2.53. The maximum atomic E-state index is 5.88. The van der Waals surface area contributed by atoms with Gasteiger partial charge in [0.15, 0.2) is 0 Å². The van der Waals surface area contributed by atoms with Crippen molar-refractivity contribution in [1.29, 1.82) is 0 Å². The molecule has 0 radical (unpaired) electrons. The summed E-state index contributed by atoms with van der Waals surface area (Å²) in [7, 11) is 0. The summed E-state index contributed by atoms with van der Waals surface area (Å²) >= 11 is 0. The van der Waals surface area contributed by atoms with Gasteiger partial charge in [0, 0.05) is 31.7 Å². The summed E-state index contributed by atoms with van der Waals surface area (Å²) in [5, 5.41) is 3.61. The Bertz CT molecular complexity index is 416. The molecule has 3 heteroatoms. The van der Waals surface area contributed by atoms with E-state index in [2.05, 4.69) is 62.2 Å². The minimum atomic E-state index is 0.304. The van der Waals surface area contributed by atoms with Crippen molar-refractivity contribution in [3.8, 4) is 0 Å². The predicted octanol–water partition coefficient (Wildman–Crippen LogP) is 3.01. The van der Waals surface area contributed by atoms with Gasteiger partial charge in [0.2, 0.25) is 0 Å². The molecular formula is C18H30N2O. The number of aryl methyl sites for hydroxylation is 1. The van der Waals surface area contributed by atoms with Crippen LogP contribution in [0.1, 0.15) is 44.9 Å². The summed E-state index contributed by atoms with van der Waals surface area (Å²) in [5.74, 6) is 0. The molecule has 21 heavy (non-hydrogen) atoms. The van der Waals surface area contributed by atoms with E-state index in [0.717, 1.165) is 32.7 Å². The second-order valence-electron chi connectivity index (χ2n) is 6.31. The summed E-state index contributed by atoms with van der Waals surface area (Å²) in [6.07, 6.45) is 1.40. The zero-order chi connectivity index (χ0) is 15.2. The monoisotopic (exact) mass is 290 g/mol. The minimum Gasteiger partial charge on any atom is -0.374 e. The molecule has 118 valence electrons. The third-order valence-electron chi connectivity index (χ3n) is 4.44. The minimum absolute atomic E-state index is 0.304. The first-order chi connectivity index (χ1) is 10.1. The van der Waals surface area contributed by atoms with Gasteiger partial charge in [-0.15, -0.1) is 0 Å². The standard InChI is InChI=1S/C18H30N2O/c1-5-16-6-8-17(9-7-16)15(4)19-12-18-13-20(14(2)3)10-11-21-18/h6-9,14-15,18-19H,5,10-13H2,1-4H3. The molecule has 1 N–H and O–H groups in total. The Morgan fingerprint density at radius 2 is 1.95 bits per heavy atom. The van der Waals surface area contributed by atoms with Crippen LogP contribution in [0.2, 0.25) is 0 Å². The molecule has 0 aromatic heterocycles. The maximum Gasteiger partial charge on any atom is 0.0827 e. The van der Waals surface area contributed by atoms with Crippen LogP contribution in [-0.4, -0.2) is 43.3 Å². The van der Waals surface area contributed by atoms with E-state index in [9.17, 15) is 0 Å². The summed E-state index contributed by atoms with van der Waals surface area (Å²) < 4.78 is 5.88. The van der Waals surface area contributed by atoms with Crippen molar-refractivity contribution in [2.24, 2.45) is 0 Å². The first kappa shape index (κ1) is 16.5. The summed E-state index contributed by atoms with van der Waals surface area (Å²) in [6.45, 7) is 12.8. The Balaban J connectivity index is 1.81. The molecular weight excluding hydrogens is 260 g/mol. The Hall–Kier alpha value is -0.900. The molecule has 0 bridgehead atoms. The highest BCUT2D eigenvalue weighted by molar-refractivity contribution is 5.24. The first-order valence-electron chi connectivity index (χ1n) is 8.28. The lowest BCUT2D eigenvalue weighted by molar-refractivity contribution is -0.0379. The molecule has 0 aliphatic carbocycles. The van der Waals surface area contributed by atoms with Crippen LogP contribution >= 0.6 is 0 Å². The van der Waals surface area contributed by atoms with Gasteiger partial charge in [-0.05, 0) is 38.3 Å². The summed E-state index contributed by atoms with van der Waals surface area (Å²) in [6, 6.07) is 9.90. The van der Waals surface area contributed by atoms with Crippen LogP contribution in [0.4, 0.5) is 0 Å². The van der Waals surface area contributed by atoms with Gasteiger partial charge in [-0.25, -0.2) is 0 Å². The zero-order valence-electron chi connectivity index (χ0n) is 13.9. The first-order valence-corrected chi connectivity index (χ1v) is 8.28. The molecule has 1 heterocycles. The van der Waals surface area contributed by atoms with Crippen LogP contribution in [0.5, 0.6) is 0 Å². The molecule has 1 aromatic rings. The molecule has 0 saturated carbocycles. The van der Waals surface area contributed by atoms with E-state index in [4.69, 9.17) is 4.74 Å². The largest absolute Gasteiger partial charge is 0.374 e. The molecule has 2 unspecified atom stereocenters. The lowest BCUT2D eigenvalue weighted by Crippen LogP contribution is -2.49. The highest BCUT2D eigenvalue weighted by Crippen LogP contribution is 2.15. The van der Waals surface area contributed by atoms with Gasteiger partial charge in [-0.2, -0.15) is 0 Å². The van der Waals surface area contributed by atoms with Gasteiger partial charge < -0.3 is 10.1 Å². The number of morpholine rings is 1. The van der Waals surface area contributed by atoms with E-state index in [1.54, 1.807) is 0 Å². The number of nitrogens with zero attached hydrogens (tertiary/aromatic N) is 1. The Morgan fingerprint density at radius 1 is 1.24 bits per heavy atom. The normalized spacial score (nSPS) is 21.7. The lowest BCUT2D eigenvalue weighted by Gasteiger charge is -2.36. The van der Waals surface area contributed by atoms with Crippen LogP contribution < -0.4 is 5.32 Å². The lowest BCUT2D eigenvalue weighted by atomic mass is 10.0. The molecule has 0 spiro atoms. The molecule has 2 atom stereocenters. The fourth-order valence-electron chi connectivity index (χ4n) is 2.80. The smallest absolute Gasteiger partial charge is 0.0827 e. The number of rotatable bonds is 6. The number of ether oxygens (including phenoxy) is 1. The molecule has 1 aliphatic rings. The quantitative estimate of drug-likeness (QED) is 0.871. The second-order valence-corrected chi connectivity index (χ2v) is 6.31. The number of hydrogen-bond donors (Lipinski definition) is 1. The van der Waals surface area contributed by atoms with E-state index >= 15 is 0 Å². The fourth-order valence-corrected chi connectivity index (χ4v) is 2.80. The zero-order valence-corrected chi connectivity index (χ0v) is 13.9. The van der Waals surface area contributed by atoms with Crippen LogP contribution in [-0.2, 0) is 11.2 Å². The van der Waals surface area contributed by atoms with Gasteiger partial charge in [-0.3, -0.25) is 4.90 Å². The molecule has 0 amide bonds. The van der Waals surface area contributed by atoms with Crippen molar-refractivity contribution in [2.75, 3.05) is 26.2 Å². The van der Waals surface area contributed by atoms with Gasteiger partial charge in [-0.1, -0.05) is 31.2 Å². The number of benzene rings is 1. The van der Waals surface area contributed by atoms with Crippen molar-refractivity contribution in [2.45, 2.75) is 52.3 Å².